The van der Waals surface area contributed by atoms with E-state index in [0.717, 1.165) is 44.0 Å². The van der Waals surface area contributed by atoms with E-state index < -0.39 is 5.60 Å². The second kappa shape index (κ2) is 5.60. The predicted octanol–water partition coefficient (Wildman–Crippen LogP) is 7.20. The molecule has 4 aromatic carbocycles. The third-order valence-electron chi connectivity index (χ3n) is 6.55. The van der Waals surface area contributed by atoms with Gasteiger partial charge in [-0.15, -0.1) is 0 Å². The van der Waals surface area contributed by atoms with Gasteiger partial charge >= 0.3 is 0 Å². The first-order valence-corrected chi connectivity index (χ1v) is 10.3. The molecular weight excluding hydrogens is 376 g/mol. The molecule has 6 rings (SSSR count). The van der Waals surface area contributed by atoms with Crippen LogP contribution in [0.15, 0.2) is 72.8 Å². The molecule has 29 heavy (non-hydrogen) atoms. The summed E-state index contributed by atoms with van der Waals surface area (Å²) < 4.78 is 0. The molecule has 1 atom stereocenters. The Balaban J connectivity index is 1.52. The third-order valence-corrected chi connectivity index (χ3v) is 6.94. The number of fused-ring (bicyclic) bond motifs is 7. The molecule has 4 aromatic rings. The van der Waals surface area contributed by atoms with E-state index in [1.807, 2.05) is 25.1 Å². The minimum atomic E-state index is -1.00. The minimum absolute atomic E-state index is 0.788. The van der Waals surface area contributed by atoms with Crippen LogP contribution in [0.4, 0.5) is 0 Å². The van der Waals surface area contributed by atoms with Crippen LogP contribution in [0.5, 0.6) is 0 Å². The smallest absolute Gasteiger partial charge is 0.113 e. The van der Waals surface area contributed by atoms with Crippen molar-refractivity contribution in [3.8, 4) is 44.5 Å². The van der Waals surface area contributed by atoms with Crippen LogP contribution in [0.1, 0.15) is 23.6 Å². The summed E-state index contributed by atoms with van der Waals surface area (Å²) in [5.41, 5.74) is 11.3. The minimum Gasteiger partial charge on any atom is -0.381 e. The molecule has 1 N–H and O–H groups in total. The van der Waals surface area contributed by atoms with Gasteiger partial charge in [-0.2, -0.15) is 0 Å². The Morgan fingerprint density at radius 1 is 0.690 bits per heavy atom. The molecule has 0 radical (unpaired) electrons. The Morgan fingerprint density at radius 3 is 2.21 bits per heavy atom. The number of hydrogen-bond donors (Lipinski definition) is 1. The van der Waals surface area contributed by atoms with Gasteiger partial charge in [0.2, 0.25) is 0 Å². The average Bonchev–Trinajstić information content (AvgIpc) is 2.93. The van der Waals surface area contributed by atoms with Crippen molar-refractivity contribution >= 4 is 11.6 Å². The number of aliphatic hydroxyl groups is 1. The zero-order chi connectivity index (χ0) is 19.9. The number of hydrogen-bond acceptors (Lipinski definition) is 1. The summed E-state index contributed by atoms with van der Waals surface area (Å²) >= 11 is 6.91. The maximum atomic E-state index is 11.3. The van der Waals surface area contributed by atoms with Gasteiger partial charge in [-0.3, -0.25) is 0 Å². The molecule has 0 saturated heterocycles. The van der Waals surface area contributed by atoms with Crippen LogP contribution in [0, 0.1) is 6.92 Å². The van der Waals surface area contributed by atoms with Crippen LogP contribution < -0.4 is 0 Å². The number of halogens is 1. The van der Waals surface area contributed by atoms with Crippen molar-refractivity contribution in [2.24, 2.45) is 0 Å². The van der Waals surface area contributed by atoms with E-state index in [2.05, 4.69) is 61.5 Å². The average molecular weight is 395 g/mol. The molecule has 0 fully saturated rings. The van der Waals surface area contributed by atoms with Gasteiger partial charge in [0.15, 0.2) is 0 Å². The highest BCUT2D eigenvalue weighted by molar-refractivity contribution is 6.38. The van der Waals surface area contributed by atoms with E-state index >= 15 is 0 Å². The maximum absolute atomic E-state index is 11.3. The predicted molar refractivity (Wildman–Crippen MR) is 120 cm³/mol. The first-order chi connectivity index (χ1) is 14.0. The van der Waals surface area contributed by atoms with Crippen molar-refractivity contribution in [2.45, 2.75) is 19.4 Å². The van der Waals surface area contributed by atoms with Crippen molar-refractivity contribution < 1.29 is 5.11 Å². The molecule has 2 aliphatic rings. The molecule has 0 saturated carbocycles. The highest BCUT2D eigenvalue weighted by atomic mass is 35.5. The summed E-state index contributed by atoms with van der Waals surface area (Å²) in [6.07, 6.45) is 0. The van der Waals surface area contributed by atoms with Crippen LogP contribution in [0.25, 0.3) is 44.5 Å². The van der Waals surface area contributed by atoms with E-state index in [1.54, 1.807) is 0 Å². The quantitative estimate of drug-likeness (QED) is 0.318. The van der Waals surface area contributed by atoms with Crippen LogP contribution >= 0.6 is 11.6 Å². The zero-order valence-electron chi connectivity index (χ0n) is 16.3. The van der Waals surface area contributed by atoms with Crippen LogP contribution in [-0.4, -0.2) is 5.11 Å². The fraction of sp³-hybridized carbons (Fsp3) is 0.111. The van der Waals surface area contributed by atoms with Gasteiger partial charge < -0.3 is 5.11 Å². The topological polar surface area (TPSA) is 20.2 Å². The van der Waals surface area contributed by atoms with E-state index in [9.17, 15) is 5.11 Å². The van der Waals surface area contributed by atoms with Gasteiger partial charge in [-0.25, -0.2) is 0 Å². The molecule has 2 aliphatic carbocycles. The molecule has 0 amide bonds. The third kappa shape index (κ3) is 2.09. The van der Waals surface area contributed by atoms with Crippen LogP contribution in [0.3, 0.4) is 0 Å². The summed E-state index contributed by atoms with van der Waals surface area (Å²) in [6, 6.07) is 25.1. The molecule has 1 nitrogen and oxygen atoms in total. The normalized spacial score (nSPS) is 17.8. The Labute approximate surface area is 175 Å². The molecule has 0 aromatic heterocycles. The van der Waals surface area contributed by atoms with E-state index in [1.165, 1.54) is 22.3 Å². The van der Waals surface area contributed by atoms with Crippen molar-refractivity contribution in [1.29, 1.82) is 0 Å². The van der Waals surface area contributed by atoms with Gasteiger partial charge in [0.1, 0.15) is 5.60 Å². The van der Waals surface area contributed by atoms with Gasteiger partial charge in [0, 0.05) is 11.1 Å². The fourth-order valence-electron chi connectivity index (χ4n) is 5.08. The molecule has 140 valence electrons. The summed E-state index contributed by atoms with van der Waals surface area (Å²) in [5.74, 6) is 0. The maximum Gasteiger partial charge on any atom is 0.113 e. The Bertz CT molecular complexity index is 1350. The van der Waals surface area contributed by atoms with Gasteiger partial charge in [0.05, 0.1) is 5.02 Å². The Morgan fingerprint density at radius 2 is 1.34 bits per heavy atom. The summed E-state index contributed by atoms with van der Waals surface area (Å²) in [4.78, 5) is 0. The zero-order valence-corrected chi connectivity index (χ0v) is 17.0. The van der Waals surface area contributed by atoms with Gasteiger partial charge in [0.25, 0.3) is 0 Å². The second-order valence-electron chi connectivity index (χ2n) is 8.23. The lowest BCUT2D eigenvalue weighted by Crippen LogP contribution is -2.19. The fourth-order valence-corrected chi connectivity index (χ4v) is 5.45. The highest BCUT2D eigenvalue weighted by Crippen LogP contribution is 2.55. The Kier molecular flexibility index (Phi) is 3.29. The number of aryl methyl sites for hydroxylation is 1. The largest absolute Gasteiger partial charge is 0.381 e. The van der Waals surface area contributed by atoms with Crippen molar-refractivity contribution in [2.75, 3.05) is 0 Å². The molecule has 0 aliphatic heterocycles. The van der Waals surface area contributed by atoms with E-state index in [4.69, 9.17) is 11.6 Å². The standard InChI is InChI=1S/C27H19ClO/c1-15-6-5-8-20-24(15)21-13-12-17(26(28)25(20)21)16-10-11-19-18-7-3-4-9-22(18)27(2,29)23(19)14-16/h3-14,29H,1-2H3. The van der Waals surface area contributed by atoms with E-state index in [-0.39, 0.29) is 0 Å². The second-order valence-corrected chi connectivity index (χ2v) is 8.60. The van der Waals surface area contributed by atoms with Crippen molar-refractivity contribution in [3.63, 3.8) is 0 Å². The van der Waals surface area contributed by atoms with Crippen LogP contribution in [0.2, 0.25) is 5.02 Å². The molecule has 0 heterocycles. The number of benzene rings is 4. The highest BCUT2D eigenvalue weighted by Gasteiger charge is 2.37. The molecule has 0 spiro atoms. The molecule has 0 bridgehead atoms. The van der Waals surface area contributed by atoms with E-state index in [0.29, 0.717) is 0 Å². The Hall–Kier alpha value is -2.87. The SMILES string of the molecule is Cc1cccc2c1-c1ccc(-c3ccc4c(c3)C(C)(O)c3ccccc3-4)c(Cl)c1-2. The van der Waals surface area contributed by atoms with Gasteiger partial charge in [-0.05, 0) is 70.0 Å². The summed E-state index contributed by atoms with van der Waals surface area (Å²) in [7, 11) is 0. The summed E-state index contributed by atoms with van der Waals surface area (Å²) in [6.45, 7) is 4.02. The molecule has 1 unspecified atom stereocenters. The first-order valence-electron chi connectivity index (χ1n) is 9.88. The van der Waals surface area contributed by atoms with Crippen molar-refractivity contribution in [3.05, 3.63) is 94.5 Å². The lowest BCUT2D eigenvalue weighted by Gasteiger charge is -2.28. The monoisotopic (exact) mass is 394 g/mol. The molecular formula is C27H19ClO. The first kappa shape index (κ1) is 17.0. The van der Waals surface area contributed by atoms with Gasteiger partial charge in [-0.1, -0.05) is 78.3 Å². The van der Waals surface area contributed by atoms with Crippen molar-refractivity contribution in [1.82, 2.24) is 0 Å². The lowest BCUT2D eigenvalue weighted by molar-refractivity contribution is 0.107. The summed E-state index contributed by atoms with van der Waals surface area (Å²) in [5, 5.41) is 12.1. The number of rotatable bonds is 1. The lowest BCUT2D eigenvalue weighted by atomic mass is 9.77. The van der Waals surface area contributed by atoms with Crippen LogP contribution in [-0.2, 0) is 5.60 Å². The molecule has 2 heteroatoms.